The summed E-state index contributed by atoms with van der Waals surface area (Å²) in [4.78, 5) is 0. The molecule has 0 aliphatic carbocycles. The lowest BCUT2D eigenvalue weighted by Crippen LogP contribution is -2.24. The molecule has 6 heteroatoms. The summed E-state index contributed by atoms with van der Waals surface area (Å²) < 4.78 is 7.46. The lowest BCUT2D eigenvalue weighted by atomic mass is 10.2. The van der Waals surface area contributed by atoms with Crippen LogP contribution in [0.4, 0.5) is 0 Å². The van der Waals surface area contributed by atoms with Crippen LogP contribution in [0, 0.1) is 18.5 Å². The van der Waals surface area contributed by atoms with Gasteiger partial charge in [0.15, 0.2) is 0 Å². The average Bonchev–Trinajstić information content (AvgIpc) is 2.15. The summed E-state index contributed by atoms with van der Waals surface area (Å²) in [5.74, 6) is 0.813. The van der Waals surface area contributed by atoms with Gasteiger partial charge in [0, 0.05) is 6.04 Å². The molecule has 88 valence electrons. The maximum Gasteiger partial charge on any atom is 0.146 e. The third-order valence-corrected chi connectivity index (χ3v) is 3.22. The first-order valence-electron chi connectivity index (χ1n) is 4.32. The van der Waals surface area contributed by atoms with E-state index in [0.717, 1.165) is 12.9 Å². The Morgan fingerprint density at radius 3 is 2.31 bits per heavy atom. The first-order valence-corrected chi connectivity index (χ1v) is 6.48. The van der Waals surface area contributed by atoms with Crippen molar-refractivity contribution in [3.63, 3.8) is 0 Å². The molecule has 0 spiro atoms. The molecule has 0 heterocycles. The summed E-state index contributed by atoms with van der Waals surface area (Å²) in [5.41, 5.74) is 6.26. The van der Waals surface area contributed by atoms with Gasteiger partial charge < -0.3 is 10.5 Å². The first-order chi connectivity index (χ1) is 7.04. The molecule has 1 atom stereocenters. The van der Waals surface area contributed by atoms with Crippen molar-refractivity contribution in [2.24, 2.45) is 5.73 Å². The summed E-state index contributed by atoms with van der Waals surface area (Å²) in [5, 5.41) is 8.78. The highest BCUT2D eigenvalue weighted by atomic mass is 127. The average molecular weight is 464 g/mol. The zero-order chi connectivity index (χ0) is 11.4. The molecule has 16 heavy (non-hydrogen) atoms. The zero-order valence-electron chi connectivity index (χ0n) is 8.54. The largest absolute Gasteiger partial charge is 0.490 e. The second-order valence-electron chi connectivity index (χ2n) is 3.17. The van der Waals surface area contributed by atoms with Gasteiger partial charge in [0.05, 0.1) is 18.8 Å². The quantitative estimate of drug-likeness (QED) is 0.700. The van der Waals surface area contributed by atoms with Crippen LogP contribution < -0.4 is 10.5 Å². The summed E-state index contributed by atoms with van der Waals surface area (Å²) in [7, 11) is 0. The summed E-state index contributed by atoms with van der Waals surface area (Å²) in [6.45, 7) is 2.38. The highest BCUT2D eigenvalue weighted by Crippen LogP contribution is 2.28. The lowest BCUT2D eigenvalue weighted by molar-refractivity contribution is 0.292. The summed E-state index contributed by atoms with van der Waals surface area (Å²) >= 11 is 4.32. The maximum atomic E-state index is 8.78. The molecule has 0 saturated heterocycles. The second-order valence-corrected chi connectivity index (χ2v) is 5.49. The number of rotatable bonds is 3. The number of ether oxygens (including phenoxy) is 1. The van der Waals surface area contributed by atoms with Crippen molar-refractivity contribution >= 4 is 57.6 Å². The Bertz CT molecular complexity index is 381. The predicted molar refractivity (Wildman–Crippen MR) is 83.0 cm³/mol. The number of benzene rings is 1. The Hall–Kier alpha value is 0.220. The minimum Gasteiger partial charge on any atom is -0.490 e. The van der Waals surface area contributed by atoms with Crippen LogP contribution in [0.25, 0.3) is 0 Å². The first kappa shape index (κ1) is 16.2. The fraction of sp³-hybridized carbons (Fsp3) is 0.300. The monoisotopic (exact) mass is 464 g/mol. The van der Waals surface area contributed by atoms with Crippen LogP contribution in [-0.4, -0.2) is 12.6 Å². The molecule has 0 fully saturated rings. The lowest BCUT2D eigenvalue weighted by Gasteiger charge is -2.12. The molecule has 0 bridgehead atoms. The molecule has 0 amide bonds. The number of halogens is 3. The Morgan fingerprint density at radius 1 is 1.44 bits per heavy atom. The van der Waals surface area contributed by atoms with Gasteiger partial charge in [-0.3, -0.25) is 0 Å². The van der Waals surface area contributed by atoms with Gasteiger partial charge in [-0.25, -0.2) is 0 Å². The van der Waals surface area contributed by atoms with E-state index in [-0.39, 0.29) is 18.4 Å². The molecule has 1 aromatic rings. The van der Waals surface area contributed by atoms with Crippen molar-refractivity contribution < 1.29 is 4.74 Å². The highest BCUT2D eigenvalue weighted by Gasteiger charge is 2.09. The molecule has 0 aromatic heterocycles. The molecule has 0 radical (unpaired) electrons. The number of nitriles is 1. The van der Waals surface area contributed by atoms with E-state index < -0.39 is 0 Å². The number of nitrogens with zero attached hydrogens (tertiary/aromatic N) is 1. The van der Waals surface area contributed by atoms with Crippen molar-refractivity contribution in [1.82, 2.24) is 0 Å². The fourth-order valence-electron chi connectivity index (χ4n) is 0.977. The molecule has 0 saturated carbocycles. The van der Waals surface area contributed by atoms with Crippen molar-refractivity contribution in [1.29, 1.82) is 5.26 Å². The molecule has 1 unspecified atom stereocenters. The van der Waals surface area contributed by atoms with E-state index in [0.29, 0.717) is 12.2 Å². The van der Waals surface area contributed by atoms with Crippen molar-refractivity contribution in [2.75, 3.05) is 6.61 Å². The molecule has 2 N–H and O–H groups in total. The van der Waals surface area contributed by atoms with E-state index in [1.807, 2.05) is 6.92 Å². The molecule has 1 rings (SSSR count). The zero-order valence-corrected chi connectivity index (χ0v) is 13.7. The predicted octanol–water partition coefficient (Wildman–Crippen LogP) is 2.92. The topological polar surface area (TPSA) is 59.0 Å². The van der Waals surface area contributed by atoms with Gasteiger partial charge in [-0.05, 0) is 64.2 Å². The van der Waals surface area contributed by atoms with Gasteiger partial charge in [0.2, 0.25) is 0 Å². The van der Waals surface area contributed by atoms with Crippen LogP contribution in [0.3, 0.4) is 0 Å². The molecule has 0 aliphatic rings. The smallest absolute Gasteiger partial charge is 0.146 e. The third-order valence-electron chi connectivity index (χ3n) is 1.62. The van der Waals surface area contributed by atoms with Crippen LogP contribution in [0.15, 0.2) is 12.1 Å². The molecule has 1 aromatic carbocycles. The van der Waals surface area contributed by atoms with E-state index in [4.69, 9.17) is 15.7 Å². The third kappa shape index (κ3) is 4.61. The van der Waals surface area contributed by atoms with Crippen LogP contribution >= 0.6 is 57.6 Å². The number of hydrogen-bond acceptors (Lipinski definition) is 3. The van der Waals surface area contributed by atoms with Gasteiger partial charge in [-0.2, -0.15) is 5.26 Å². The Kier molecular flexibility index (Phi) is 7.63. The molecular weight excluding hydrogens is 453 g/mol. The van der Waals surface area contributed by atoms with Gasteiger partial charge in [0.25, 0.3) is 0 Å². The molecule has 0 aliphatic heterocycles. The summed E-state index contributed by atoms with van der Waals surface area (Å²) in [6, 6.07) is 5.73. The Balaban J connectivity index is 0.00000225. The molecule has 3 nitrogen and oxygen atoms in total. The van der Waals surface area contributed by atoms with Crippen molar-refractivity contribution in [2.45, 2.75) is 13.0 Å². The van der Waals surface area contributed by atoms with Crippen LogP contribution in [0.2, 0.25) is 0 Å². The van der Waals surface area contributed by atoms with Gasteiger partial charge in [0.1, 0.15) is 12.4 Å². The van der Waals surface area contributed by atoms with E-state index in [2.05, 4.69) is 51.3 Å². The minimum absolute atomic E-state index is 0. The Labute approximate surface area is 128 Å². The van der Waals surface area contributed by atoms with E-state index in [1.165, 1.54) is 0 Å². The molecular formula is C10H11ClI2N2O. The SMILES string of the molecule is CC(N)COc1c(I)cc(C#N)cc1I.Cl. The minimum atomic E-state index is 0. The van der Waals surface area contributed by atoms with Crippen LogP contribution in [-0.2, 0) is 0 Å². The standard InChI is InChI=1S/C10H10I2N2O.ClH/c1-6(14)5-15-10-8(11)2-7(4-13)3-9(10)12;/h2-3,6H,5,14H2,1H3;1H. The van der Waals surface area contributed by atoms with Gasteiger partial charge >= 0.3 is 0 Å². The van der Waals surface area contributed by atoms with E-state index >= 15 is 0 Å². The van der Waals surface area contributed by atoms with Crippen LogP contribution in [0.1, 0.15) is 12.5 Å². The number of hydrogen-bond donors (Lipinski definition) is 1. The van der Waals surface area contributed by atoms with Gasteiger partial charge in [-0.15, -0.1) is 12.4 Å². The normalized spacial score (nSPS) is 11.2. The maximum absolute atomic E-state index is 8.78. The summed E-state index contributed by atoms with van der Waals surface area (Å²) in [6.07, 6.45) is 0. The highest BCUT2D eigenvalue weighted by molar-refractivity contribution is 14.1. The van der Waals surface area contributed by atoms with Crippen LogP contribution in [0.5, 0.6) is 5.75 Å². The number of nitrogens with two attached hydrogens (primary N) is 1. The second kappa shape index (κ2) is 7.53. The van der Waals surface area contributed by atoms with E-state index in [1.54, 1.807) is 12.1 Å². The fourth-order valence-corrected chi connectivity index (χ4v) is 3.06. The Morgan fingerprint density at radius 2 is 1.94 bits per heavy atom. The van der Waals surface area contributed by atoms with Crippen molar-refractivity contribution in [3.8, 4) is 11.8 Å². The van der Waals surface area contributed by atoms with Crippen molar-refractivity contribution in [3.05, 3.63) is 24.8 Å². The van der Waals surface area contributed by atoms with Gasteiger partial charge in [-0.1, -0.05) is 0 Å². The van der Waals surface area contributed by atoms with E-state index in [9.17, 15) is 0 Å².